The molecule has 2 aromatic rings. The lowest BCUT2D eigenvalue weighted by atomic mass is 10.4. The molecule has 0 radical (unpaired) electrons. The highest BCUT2D eigenvalue weighted by Crippen LogP contribution is 2.09. The molecule has 7 heteroatoms. The molecule has 0 fully saturated rings. The average Bonchev–Trinajstić information content (AvgIpc) is 2.68. The number of aromatic nitrogens is 2. The first-order valence-electron chi connectivity index (χ1n) is 4.33. The van der Waals surface area contributed by atoms with Gasteiger partial charge in [-0.1, -0.05) is 6.07 Å². The number of rotatable bonds is 2. The van der Waals surface area contributed by atoms with Crippen LogP contribution in [0.4, 0.5) is 5.82 Å². The van der Waals surface area contributed by atoms with Crippen molar-refractivity contribution < 1.29 is 4.79 Å². The van der Waals surface area contributed by atoms with Crippen molar-refractivity contribution in [1.29, 1.82) is 0 Å². The topological polar surface area (TPSA) is 94.8 Å². The van der Waals surface area contributed by atoms with E-state index in [2.05, 4.69) is 10.3 Å². The number of aromatic amines is 2. The molecule has 0 spiro atoms. The summed E-state index contributed by atoms with van der Waals surface area (Å²) >= 11 is 1.27. The van der Waals surface area contributed by atoms with Gasteiger partial charge in [-0.3, -0.25) is 19.6 Å². The maximum Gasteiger partial charge on any atom is 0.327 e. The van der Waals surface area contributed by atoms with Crippen LogP contribution in [0.2, 0.25) is 0 Å². The van der Waals surface area contributed by atoms with E-state index in [1.54, 1.807) is 17.5 Å². The van der Waals surface area contributed by atoms with Crippen LogP contribution >= 0.6 is 11.3 Å². The summed E-state index contributed by atoms with van der Waals surface area (Å²) in [6.07, 6.45) is 0. The maximum atomic E-state index is 11.6. The molecule has 2 aromatic heterocycles. The molecule has 3 N–H and O–H groups in total. The normalized spacial score (nSPS) is 10.0. The summed E-state index contributed by atoms with van der Waals surface area (Å²) in [4.78, 5) is 38.2. The van der Waals surface area contributed by atoms with Crippen LogP contribution in [0.3, 0.4) is 0 Å². The summed E-state index contributed by atoms with van der Waals surface area (Å²) in [5, 5.41) is 4.18. The summed E-state index contributed by atoms with van der Waals surface area (Å²) in [6, 6.07) is 4.48. The first-order valence-corrected chi connectivity index (χ1v) is 5.21. The van der Waals surface area contributed by atoms with Gasteiger partial charge >= 0.3 is 5.69 Å². The molecular formula is C9H7N3O3S. The van der Waals surface area contributed by atoms with E-state index in [0.717, 1.165) is 6.07 Å². The zero-order valence-electron chi connectivity index (χ0n) is 7.94. The second kappa shape index (κ2) is 4.15. The van der Waals surface area contributed by atoms with Gasteiger partial charge in [0.25, 0.3) is 11.5 Å². The molecule has 0 saturated carbocycles. The zero-order chi connectivity index (χ0) is 11.5. The van der Waals surface area contributed by atoms with Gasteiger partial charge in [0, 0.05) is 6.07 Å². The van der Waals surface area contributed by atoms with E-state index in [0.29, 0.717) is 4.88 Å². The smallest absolute Gasteiger partial charge is 0.307 e. The molecule has 0 saturated heterocycles. The Hall–Kier alpha value is -2.15. The van der Waals surface area contributed by atoms with Gasteiger partial charge in [0.1, 0.15) is 5.82 Å². The highest BCUT2D eigenvalue weighted by Gasteiger charge is 2.07. The second-order valence-electron chi connectivity index (χ2n) is 2.93. The molecule has 0 aromatic carbocycles. The number of carbonyl (C=O) groups is 1. The van der Waals surface area contributed by atoms with Gasteiger partial charge in [0.2, 0.25) is 0 Å². The molecule has 82 valence electrons. The summed E-state index contributed by atoms with van der Waals surface area (Å²) < 4.78 is 0. The van der Waals surface area contributed by atoms with Crippen molar-refractivity contribution in [2.75, 3.05) is 5.32 Å². The minimum atomic E-state index is -0.658. The van der Waals surface area contributed by atoms with Gasteiger partial charge in [0.05, 0.1) is 4.88 Å². The summed E-state index contributed by atoms with van der Waals surface area (Å²) in [7, 11) is 0. The van der Waals surface area contributed by atoms with Crippen LogP contribution in [0.5, 0.6) is 0 Å². The standard InChI is InChI=1S/C9H7N3O3S/c13-7-4-6(11-9(15)12-7)10-8(14)5-2-1-3-16-5/h1-4H,(H3,10,11,12,13,14,15). The summed E-state index contributed by atoms with van der Waals surface area (Å²) in [6.45, 7) is 0. The lowest BCUT2D eigenvalue weighted by Crippen LogP contribution is -2.24. The fourth-order valence-corrected chi connectivity index (χ4v) is 1.75. The van der Waals surface area contributed by atoms with Gasteiger partial charge in [-0.25, -0.2) is 4.79 Å². The van der Waals surface area contributed by atoms with E-state index in [9.17, 15) is 14.4 Å². The Morgan fingerprint density at radius 3 is 2.75 bits per heavy atom. The van der Waals surface area contributed by atoms with Crippen LogP contribution in [0.25, 0.3) is 0 Å². The predicted octanol–water partition coefficient (Wildman–Crippen LogP) is 0.377. The Bertz CT molecular complexity index is 583. The second-order valence-corrected chi connectivity index (χ2v) is 3.88. The molecular weight excluding hydrogens is 230 g/mol. The average molecular weight is 237 g/mol. The van der Waals surface area contributed by atoms with E-state index in [-0.39, 0.29) is 11.7 Å². The lowest BCUT2D eigenvalue weighted by Gasteiger charge is -2.01. The minimum absolute atomic E-state index is 0.0761. The number of hydrogen-bond acceptors (Lipinski definition) is 4. The molecule has 1 amide bonds. The van der Waals surface area contributed by atoms with Crippen molar-refractivity contribution in [3.8, 4) is 0 Å². The largest absolute Gasteiger partial charge is 0.327 e. The van der Waals surface area contributed by atoms with E-state index in [4.69, 9.17) is 0 Å². The Kier molecular flexibility index (Phi) is 2.69. The quantitative estimate of drug-likeness (QED) is 0.704. The predicted molar refractivity (Wildman–Crippen MR) is 60.0 cm³/mol. The molecule has 16 heavy (non-hydrogen) atoms. The highest BCUT2D eigenvalue weighted by molar-refractivity contribution is 7.12. The van der Waals surface area contributed by atoms with Crippen LogP contribution < -0.4 is 16.6 Å². The third kappa shape index (κ3) is 2.26. The fourth-order valence-electron chi connectivity index (χ4n) is 1.13. The van der Waals surface area contributed by atoms with E-state index < -0.39 is 11.2 Å². The lowest BCUT2D eigenvalue weighted by molar-refractivity contribution is 0.103. The number of carbonyl (C=O) groups excluding carboxylic acids is 1. The van der Waals surface area contributed by atoms with Crippen LogP contribution in [0.1, 0.15) is 9.67 Å². The van der Waals surface area contributed by atoms with Crippen LogP contribution in [-0.4, -0.2) is 15.9 Å². The Morgan fingerprint density at radius 2 is 2.12 bits per heavy atom. The third-order valence-corrected chi connectivity index (χ3v) is 2.62. The van der Waals surface area contributed by atoms with Crippen molar-refractivity contribution in [2.24, 2.45) is 0 Å². The van der Waals surface area contributed by atoms with Gasteiger partial charge in [0.15, 0.2) is 0 Å². The molecule has 0 atom stereocenters. The molecule has 0 aliphatic heterocycles. The number of hydrogen-bond donors (Lipinski definition) is 3. The SMILES string of the molecule is O=C(Nc1cc(=O)[nH]c(=O)[nH]1)c1cccs1. The fraction of sp³-hybridized carbons (Fsp3) is 0. The van der Waals surface area contributed by atoms with E-state index in [1.807, 2.05) is 4.98 Å². The number of nitrogens with one attached hydrogen (secondary N) is 3. The highest BCUT2D eigenvalue weighted by atomic mass is 32.1. The Morgan fingerprint density at radius 1 is 1.31 bits per heavy atom. The van der Waals surface area contributed by atoms with Gasteiger partial charge in [-0.2, -0.15) is 0 Å². The van der Waals surface area contributed by atoms with Crippen molar-refractivity contribution in [2.45, 2.75) is 0 Å². The minimum Gasteiger partial charge on any atom is -0.307 e. The van der Waals surface area contributed by atoms with Crippen LogP contribution in [0, 0.1) is 0 Å². The van der Waals surface area contributed by atoms with E-state index in [1.165, 1.54) is 11.3 Å². The molecule has 2 heterocycles. The van der Waals surface area contributed by atoms with Crippen molar-refractivity contribution in [3.63, 3.8) is 0 Å². The third-order valence-electron chi connectivity index (χ3n) is 1.75. The van der Waals surface area contributed by atoms with Gasteiger partial charge in [-0.15, -0.1) is 11.3 Å². The molecule has 0 bridgehead atoms. The van der Waals surface area contributed by atoms with E-state index >= 15 is 0 Å². The number of amides is 1. The van der Waals surface area contributed by atoms with Crippen LogP contribution in [0.15, 0.2) is 33.2 Å². The number of thiophene rings is 1. The first-order chi connectivity index (χ1) is 7.65. The maximum absolute atomic E-state index is 11.6. The van der Waals surface area contributed by atoms with Crippen LogP contribution in [-0.2, 0) is 0 Å². The number of anilines is 1. The zero-order valence-corrected chi connectivity index (χ0v) is 8.76. The van der Waals surface area contributed by atoms with Gasteiger partial charge in [-0.05, 0) is 11.4 Å². The Labute approximate surface area is 93.0 Å². The monoisotopic (exact) mass is 237 g/mol. The van der Waals surface area contributed by atoms with Gasteiger partial charge < -0.3 is 5.32 Å². The summed E-state index contributed by atoms with van der Waals surface area (Å²) in [5.74, 6) is -0.289. The molecule has 2 rings (SSSR count). The van der Waals surface area contributed by atoms with Crippen molar-refractivity contribution in [3.05, 3.63) is 49.3 Å². The molecule has 6 nitrogen and oxygen atoms in total. The molecule has 0 aliphatic rings. The summed E-state index contributed by atoms with van der Waals surface area (Å²) in [5.41, 5.74) is -1.22. The molecule has 0 unspecified atom stereocenters. The number of H-pyrrole nitrogens is 2. The molecule has 0 aliphatic carbocycles. The Balaban J connectivity index is 2.25. The van der Waals surface area contributed by atoms with Crippen molar-refractivity contribution >= 4 is 23.1 Å². The first kappa shape index (κ1) is 10.4. The van der Waals surface area contributed by atoms with Crippen molar-refractivity contribution in [1.82, 2.24) is 9.97 Å².